The average Bonchev–Trinajstić information content (AvgIpc) is 3.03. The Morgan fingerprint density at radius 1 is 1.43 bits per heavy atom. The molecular formula is C15H14BrNO4. The van der Waals surface area contributed by atoms with E-state index in [4.69, 9.17) is 4.42 Å². The molecule has 5 nitrogen and oxygen atoms in total. The smallest absolute Gasteiger partial charge is 0.329 e. The molecule has 1 aliphatic heterocycles. The molecule has 1 aromatic heterocycles. The number of aliphatic carboxylic acids is 1. The van der Waals surface area contributed by atoms with E-state index < -0.39 is 11.5 Å². The van der Waals surface area contributed by atoms with Gasteiger partial charge in [0.1, 0.15) is 11.1 Å². The molecule has 1 amide bonds. The van der Waals surface area contributed by atoms with Gasteiger partial charge in [-0.25, -0.2) is 4.79 Å². The predicted octanol–water partition coefficient (Wildman–Crippen LogP) is 3.27. The summed E-state index contributed by atoms with van der Waals surface area (Å²) in [6.45, 7) is 2.01. The van der Waals surface area contributed by atoms with Crippen LogP contribution in [0.15, 0.2) is 33.2 Å². The first-order valence-corrected chi connectivity index (χ1v) is 7.46. The van der Waals surface area contributed by atoms with E-state index in [-0.39, 0.29) is 11.7 Å². The quantitative estimate of drug-likeness (QED) is 0.901. The summed E-state index contributed by atoms with van der Waals surface area (Å²) in [5, 5.41) is 10.2. The number of hydrogen-bond donors (Lipinski definition) is 1. The number of furan rings is 1. The van der Waals surface area contributed by atoms with Crippen molar-refractivity contribution in [3.8, 4) is 0 Å². The van der Waals surface area contributed by atoms with Crippen LogP contribution in [-0.2, 0) is 4.79 Å². The zero-order valence-electron chi connectivity index (χ0n) is 11.4. The van der Waals surface area contributed by atoms with Gasteiger partial charge in [0.2, 0.25) is 0 Å². The van der Waals surface area contributed by atoms with Crippen LogP contribution in [0.2, 0.25) is 0 Å². The molecule has 2 aromatic rings. The first kappa shape index (κ1) is 14.1. The van der Waals surface area contributed by atoms with Crippen molar-refractivity contribution >= 4 is 38.8 Å². The van der Waals surface area contributed by atoms with E-state index in [1.807, 2.05) is 18.2 Å². The Labute approximate surface area is 129 Å². The lowest BCUT2D eigenvalue weighted by Gasteiger charge is -2.30. The Balaban J connectivity index is 2.01. The van der Waals surface area contributed by atoms with Crippen molar-refractivity contribution in [3.63, 3.8) is 0 Å². The van der Waals surface area contributed by atoms with Gasteiger partial charge in [-0.2, -0.15) is 0 Å². The normalized spacial score (nSPS) is 21.9. The molecule has 0 spiro atoms. The third-order valence-corrected chi connectivity index (χ3v) is 4.68. The second-order valence-corrected chi connectivity index (χ2v) is 6.26. The van der Waals surface area contributed by atoms with Gasteiger partial charge in [-0.05, 0) is 47.8 Å². The fraction of sp³-hybridized carbons (Fsp3) is 0.333. The van der Waals surface area contributed by atoms with Gasteiger partial charge >= 0.3 is 5.97 Å². The highest BCUT2D eigenvalue weighted by Crippen LogP contribution is 2.33. The molecule has 0 saturated carbocycles. The number of amides is 1. The van der Waals surface area contributed by atoms with Gasteiger partial charge in [0, 0.05) is 11.9 Å². The van der Waals surface area contributed by atoms with Crippen molar-refractivity contribution < 1.29 is 19.1 Å². The summed E-state index contributed by atoms with van der Waals surface area (Å²) in [6.07, 6.45) is 1.14. The van der Waals surface area contributed by atoms with E-state index in [0.29, 0.717) is 25.0 Å². The Bertz CT molecular complexity index is 738. The number of hydrogen-bond acceptors (Lipinski definition) is 3. The molecule has 3 rings (SSSR count). The molecule has 1 fully saturated rings. The molecule has 1 aliphatic rings. The van der Waals surface area contributed by atoms with Crippen molar-refractivity contribution in [1.82, 2.24) is 4.90 Å². The fourth-order valence-electron chi connectivity index (χ4n) is 2.78. The van der Waals surface area contributed by atoms with Crippen LogP contribution in [0.3, 0.4) is 0 Å². The van der Waals surface area contributed by atoms with Gasteiger partial charge < -0.3 is 14.4 Å². The molecule has 21 heavy (non-hydrogen) atoms. The maximum Gasteiger partial charge on any atom is 0.329 e. The number of carbonyl (C=O) groups excluding carboxylic acids is 1. The zero-order valence-corrected chi connectivity index (χ0v) is 13.0. The number of rotatable bonds is 2. The first-order chi connectivity index (χ1) is 9.93. The molecule has 0 aliphatic carbocycles. The van der Waals surface area contributed by atoms with Gasteiger partial charge in [-0.15, -0.1) is 0 Å². The summed E-state index contributed by atoms with van der Waals surface area (Å²) < 4.78 is 6.38. The lowest BCUT2D eigenvalue weighted by molar-refractivity contribution is -0.147. The van der Waals surface area contributed by atoms with E-state index in [0.717, 1.165) is 9.86 Å². The Hall–Kier alpha value is -1.82. The van der Waals surface area contributed by atoms with E-state index in [1.165, 1.54) is 4.90 Å². The monoisotopic (exact) mass is 351 g/mol. The number of halogens is 1. The van der Waals surface area contributed by atoms with Crippen molar-refractivity contribution in [2.75, 3.05) is 6.54 Å². The maximum atomic E-state index is 12.6. The molecule has 0 bridgehead atoms. The summed E-state index contributed by atoms with van der Waals surface area (Å²) in [5.74, 6) is -1.18. The molecule has 110 valence electrons. The Morgan fingerprint density at radius 2 is 2.19 bits per heavy atom. The molecule has 1 aromatic carbocycles. The van der Waals surface area contributed by atoms with Crippen LogP contribution in [0.4, 0.5) is 0 Å². The van der Waals surface area contributed by atoms with Crippen molar-refractivity contribution in [2.24, 2.45) is 0 Å². The first-order valence-electron chi connectivity index (χ1n) is 6.67. The standard InChI is InChI=1S/C15H14BrNO4/c1-15(14(19)20)6-3-7-17(15)13(18)11-8-9-4-2-5-10(16)12(9)21-11/h2,4-5,8H,3,6-7H2,1H3,(H,19,20). The van der Waals surface area contributed by atoms with E-state index >= 15 is 0 Å². The largest absolute Gasteiger partial charge is 0.480 e. The van der Waals surface area contributed by atoms with Gasteiger partial charge in [-0.1, -0.05) is 12.1 Å². The second kappa shape index (κ2) is 4.87. The molecule has 1 saturated heterocycles. The van der Waals surface area contributed by atoms with Gasteiger partial charge in [0.05, 0.1) is 4.47 Å². The molecule has 1 N–H and O–H groups in total. The molecule has 1 atom stereocenters. The highest BCUT2D eigenvalue weighted by Gasteiger charge is 2.46. The second-order valence-electron chi connectivity index (χ2n) is 5.41. The molecule has 6 heteroatoms. The van der Waals surface area contributed by atoms with E-state index in [2.05, 4.69) is 15.9 Å². The van der Waals surface area contributed by atoms with Crippen molar-refractivity contribution in [3.05, 3.63) is 34.5 Å². The van der Waals surface area contributed by atoms with Gasteiger partial charge in [0.15, 0.2) is 5.76 Å². The third kappa shape index (κ3) is 2.14. The fourth-order valence-corrected chi connectivity index (χ4v) is 3.24. The van der Waals surface area contributed by atoms with Crippen LogP contribution in [0.1, 0.15) is 30.3 Å². The summed E-state index contributed by atoms with van der Waals surface area (Å²) in [7, 11) is 0. The minimum Gasteiger partial charge on any atom is -0.480 e. The van der Waals surface area contributed by atoms with E-state index in [9.17, 15) is 14.7 Å². The zero-order chi connectivity index (χ0) is 15.2. The third-order valence-electron chi connectivity index (χ3n) is 4.05. The average molecular weight is 352 g/mol. The van der Waals surface area contributed by atoms with Crippen LogP contribution in [0.25, 0.3) is 11.0 Å². The number of likely N-dealkylation sites (tertiary alicyclic amines) is 1. The molecule has 2 heterocycles. The number of benzene rings is 1. The van der Waals surface area contributed by atoms with Crippen molar-refractivity contribution in [1.29, 1.82) is 0 Å². The lowest BCUT2D eigenvalue weighted by atomic mass is 9.99. The number of carbonyl (C=O) groups is 2. The van der Waals surface area contributed by atoms with Gasteiger partial charge in [-0.3, -0.25) is 4.79 Å². The van der Waals surface area contributed by atoms with E-state index in [1.54, 1.807) is 13.0 Å². The topological polar surface area (TPSA) is 70.8 Å². The van der Waals surface area contributed by atoms with Crippen LogP contribution >= 0.6 is 15.9 Å². The van der Waals surface area contributed by atoms with Crippen molar-refractivity contribution in [2.45, 2.75) is 25.3 Å². The van der Waals surface area contributed by atoms with Crippen LogP contribution in [0, 0.1) is 0 Å². The summed E-state index contributed by atoms with van der Waals surface area (Å²) >= 11 is 3.38. The predicted molar refractivity (Wildman–Crippen MR) is 80.2 cm³/mol. The number of nitrogens with zero attached hydrogens (tertiary/aromatic N) is 1. The van der Waals surface area contributed by atoms with Crippen LogP contribution in [0.5, 0.6) is 0 Å². The molecule has 1 unspecified atom stereocenters. The van der Waals surface area contributed by atoms with Crippen LogP contribution < -0.4 is 0 Å². The number of carboxylic acid groups (broad SMARTS) is 1. The SMILES string of the molecule is CC1(C(=O)O)CCCN1C(=O)c1cc2cccc(Br)c2o1. The summed E-state index contributed by atoms with van der Waals surface area (Å²) in [5.41, 5.74) is -0.565. The minimum atomic E-state index is -1.16. The van der Waals surface area contributed by atoms with Gasteiger partial charge in [0.25, 0.3) is 5.91 Å². The minimum absolute atomic E-state index is 0.172. The number of para-hydroxylation sites is 1. The Kier molecular flexibility index (Phi) is 3.28. The lowest BCUT2D eigenvalue weighted by Crippen LogP contribution is -2.50. The van der Waals surface area contributed by atoms with Crippen LogP contribution in [-0.4, -0.2) is 34.0 Å². The molecule has 0 radical (unpaired) electrons. The number of carboxylic acids is 1. The number of fused-ring (bicyclic) bond motifs is 1. The highest BCUT2D eigenvalue weighted by atomic mass is 79.9. The maximum absolute atomic E-state index is 12.6. The summed E-state index contributed by atoms with van der Waals surface area (Å²) in [4.78, 5) is 25.5. The summed E-state index contributed by atoms with van der Waals surface area (Å²) in [6, 6.07) is 7.19. The molecular weight excluding hydrogens is 338 g/mol. The Morgan fingerprint density at radius 3 is 2.86 bits per heavy atom. The highest BCUT2D eigenvalue weighted by molar-refractivity contribution is 9.10.